The molecule has 1 fully saturated rings. The monoisotopic (exact) mass is 360 g/mol. The molecule has 1 N–H and O–H groups in total. The Kier molecular flexibility index (Phi) is 4.41. The van der Waals surface area contributed by atoms with Crippen molar-refractivity contribution in [1.29, 1.82) is 0 Å². The fraction of sp³-hybridized carbons (Fsp3) is 0.125. The Bertz CT molecular complexity index is 670. The highest BCUT2D eigenvalue weighted by Gasteiger charge is 2.30. The third-order valence-electron chi connectivity index (χ3n) is 3.10. The zero-order chi connectivity index (χ0) is 14.7. The van der Waals surface area contributed by atoms with Crippen molar-refractivity contribution >= 4 is 44.5 Å². The van der Waals surface area contributed by atoms with Crippen molar-refractivity contribution in [1.82, 2.24) is 5.32 Å². The third kappa shape index (κ3) is 3.74. The molecule has 3 nitrogen and oxygen atoms in total. The number of rotatable bonds is 3. The molecule has 1 amide bonds. The molecule has 1 heterocycles. The maximum Gasteiger partial charge on any atom is 0.239 e. The first-order valence-corrected chi connectivity index (χ1v) is 8.24. The Labute approximate surface area is 136 Å². The second kappa shape index (κ2) is 6.45. The zero-order valence-electron chi connectivity index (χ0n) is 11.1. The van der Waals surface area contributed by atoms with E-state index in [1.165, 1.54) is 11.8 Å². The van der Waals surface area contributed by atoms with E-state index in [0.29, 0.717) is 5.17 Å². The quantitative estimate of drug-likeness (QED) is 0.901. The van der Waals surface area contributed by atoms with Crippen LogP contribution in [-0.2, 0) is 11.2 Å². The van der Waals surface area contributed by atoms with Crippen LogP contribution in [0, 0.1) is 0 Å². The van der Waals surface area contributed by atoms with Crippen molar-refractivity contribution in [3.05, 3.63) is 64.6 Å². The van der Waals surface area contributed by atoms with Gasteiger partial charge in [-0.05, 0) is 36.2 Å². The number of hydrogen-bond acceptors (Lipinski definition) is 3. The van der Waals surface area contributed by atoms with Crippen molar-refractivity contribution in [2.75, 3.05) is 0 Å². The SMILES string of the molecule is O=C1NC(=Nc2ccc(Br)cc2)S[C@H]1Cc1ccccc1. The molecule has 2 aromatic carbocycles. The molecule has 2 aromatic rings. The molecule has 0 unspecified atom stereocenters. The number of nitrogens with one attached hydrogen (secondary N) is 1. The van der Waals surface area contributed by atoms with E-state index >= 15 is 0 Å². The number of benzene rings is 2. The largest absolute Gasteiger partial charge is 0.304 e. The maximum absolute atomic E-state index is 12.0. The van der Waals surface area contributed by atoms with Gasteiger partial charge in [-0.1, -0.05) is 58.0 Å². The van der Waals surface area contributed by atoms with Gasteiger partial charge >= 0.3 is 0 Å². The molecule has 0 aromatic heterocycles. The summed E-state index contributed by atoms with van der Waals surface area (Å²) in [6.45, 7) is 0. The summed E-state index contributed by atoms with van der Waals surface area (Å²) >= 11 is 4.88. The second-order valence-electron chi connectivity index (χ2n) is 4.68. The lowest BCUT2D eigenvalue weighted by Gasteiger charge is -2.04. The highest BCUT2D eigenvalue weighted by molar-refractivity contribution is 9.10. The lowest BCUT2D eigenvalue weighted by atomic mass is 10.1. The summed E-state index contributed by atoms with van der Waals surface area (Å²) in [4.78, 5) is 16.5. The average Bonchev–Trinajstić information content (AvgIpc) is 2.82. The molecule has 21 heavy (non-hydrogen) atoms. The molecule has 1 aliphatic heterocycles. The van der Waals surface area contributed by atoms with Gasteiger partial charge < -0.3 is 5.32 Å². The zero-order valence-corrected chi connectivity index (χ0v) is 13.5. The first-order valence-electron chi connectivity index (χ1n) is 6.56. The van der Waals surface area contributed by atoms with Crippen LogP contribution in [0.1, 0.15) is 5.56 Å². The van der Waals surface area contributed by atoms with Gasteiger partial charge in [0, 0.05) is 4.47 Å². The van der Waals surface area contributed by atoms with Crippen LogP contribution in [-0.4, -0.2) is 16.3 Å². The van der Waals surface area contributed by atoms with Crippen LogP contribution in [0.25, 0.3) is 0 Å². The summed E-state index contributed by atoms with van der Waals surface area (Å²) in [7, 11) is 0. The van der Waals surface area contributed by atoms with Crippen LogP contribution < -0.4 is 5.32 Å². The van der Waals surface area contributed by atoms with E-state index in [-0.39, 0.29) is 11.2 Å². The minimum Gasteiger partial charge on any atom is -0.304 e. The number of nitrogens with zero attached hydrogens (tertiary/aromatic N) is 1. The summed E-state index contributed by atoms with van der Waals surface area (Å²) in [6, 6.07) is 17.7. The highest BCUT2D eigenvalue weighted by atomic mass is 79.9. The Hall–Kier alpha value is -1.59. The molecule has 106 valence electrons. The van der Waals surface area contributed by atoms with Crippen LogP contribution in [0.4, 0.5) is 5.69 Å². The van der Waals surface area contributed by atoms with Gasteiger partial charge in [0.15, 0.2) is 5.17 Å². The van der Waals surface area contributed by atoms with E-state index in [4.69, 9.17) is 0 Å². The van der Waals surface area contributed by atoms with E-state index in [1.807, 2.05) is 54.6 Å². The lowest BCUT2D eigenvalue weighted by molar-refractivity contribution is -0.118. The third-order valence-corrected chi connectivity index (χ3v) is 4.71. The van der Waals surface area contributed by atoms with E-state index in [2.05, 4.69) is 26.2 Å². The van der Waals surface area contributed by atoms with Gasteiger partial charge in [-0.3, -0.25) is 4.79 Å². The lowest BCUT2D eigenvalue weighted by Crippen LogP contribution is -2.25. The predicted octanol–water partition coefficient (Wildman–Crippen LogP) is 3.91. The van der Waals surface area contributed by atoms with Gasteiger partial charge in [-0.25, -0.2) is 4.99 Å². The van der Waals surface area contributed by atoms with Crippen LogP contribution in [0.15, 0.2) is 64.1 Å². The number of amides is 1. The number of thioether (sulfide) groups is 1. The van der Waals surface area contributed by atoms with Crippen molar-refractivity contribution in [3.8, 4) is 0 Å². The summed E-state index contributed by atoms with van der Waals surface area (Å²) in [5, 5.41) is 3.41. The fourth-order valence-electron chi connectivity index (χ4n) is 2.05. The summed E-state index contributed by atoms with van der Waals surface area (Å²) < 4.78 is 1.01. The predicted molar refractivity (Wildman–Crippen MR) is 90.9 cm³/mol. The van der Waals surface area contributed by atoms with Crippen molar-refractivity contribution in [2.45, 2.75) is 11.7 Å². The molecule has 1 aliphatic rings. The van der Waals surface area contributed by atoms with E-state index in [9.17, 15) is 4.79 Å². The minimum atomic E-state index is -0.110. The molecule has 0 aliphatic carbocycles. The normalized spacial score (nSPS) is 19.8. The Morgan fingerprint density at radius 3 is 2.52 bits per heavy atom. The molecule has 3 rings (SSSR count). The van der Waals surface area contributed by atoms with Crippen LogP contribution in [0.2, 0.25) is 0 Å². The highest BCUT2D eigenvalue weighted by Crippen LogP contribution is 2.26. The van der Waals surface area contributed by atoms with E-state index in [1.54, 1.807) is 0 Å². The Balaban J connectivity index is 1.71. The Morgan fingerprint density at radius 2 is 1.81 bits per heavy atom. The molecule has 1 atom stereocenters. The van der Waals surface area contributed by atoms with Crippen molar-refractivity contribution < 1.29 is 4.79 Å². The first kappa shape index (κ1) is 14.4. The molecule has 0 radical (unpaired) electrons. The number of halogens is 1. The molecule has 0 bridgehead atoms. The maximum atomic E-state index is 12.0. The van der Waals surface area contributed by atoms with E-state index in [0.717, 1.165) is 22.1 Å². The van der Waals surface area contributed by atoms with Crippen LogP contribution in [0.5, 0.6) is 0 Å². The summed E-state index contributed by atoms with van der Waals surface area (Å²) in [5.41, 5.74) is 2.00. The summed E-state index contributed by atoms with van der Waals surface area (Å²) in [5.74, 6) is 0.0275. The van der Waals surface area contributed by atoms with Gasteiger partial charge in [0.05, 0.1) is 10.9 Å². The molecular weight excluding hydrogens is 348 g/mol. The van der Waals surface area contributed by atoms with Crippen LogP contribution >= 0.6 is 27.7 Å². The van der Waals surface area contributed by atoms with Gasteiger partial charge in [-0.2, -0.15) is 0 Å². The van der Waals surface area contributed by atoms with Crippen molar-refractivity contribution in [2.24, 2.45) is 4.99 Å². The Morgan fingerprint density at radius 1 is 1.10 bits per heavy atom. The smallest absolute Gasteiger partial charge is 0.239 e. The van der Waals surface area contributed by atoms with Crippen molar-refractivity contribution in [3.63, 3.8) is 0 Å². The summed E-state index contributed by atoms with van der Waals surface area (Å²) in [6.07, 6.45) is 0.719. The number of aliphatic imine (C=N–C) groups is 1. The molecule has 1 saturated heterocycles. The number of hydrogen-bond donors (Lipinski definition) is 1. The fourth-order valence-corrected chi connectivity index (χ4v) is 3.35. The molecule has 5 heteroatoms. The second-order valence-corrected chi connectivity index (χ2v) is 6.79. The van der Waals surface area contributed by atoms with Gasteiger partial charge in [-0.15, -0.1) is 0 Å². The molecule has 0 spiro atoms. The standard InChI is InChI=1S/C16H13BrN2OS/c17-12-6-8-13(9-7-12)18-16-19-15(20)14(21-16)10-11-4-2-1-3-5-11/h1-9,14H,10H2,(H,18,19,20)/t14-/m0/s1. The average molecular weight is 361 g/mol. The number of amidine groups is 1. The minimum absolute atomic E-state index is 0.0275. The van der Waals surface area contributed by atoms with Gasteiger partial charge in [0.2, 0.25) is 5.91 Å². The van der Waals surface area contributed by atoms with E-state index < -0.39 is 0 Å². The molecular formula is C16H13BrN2OS. The number of carbonyl (C=O) groups excluding carboxylic acids is 1. The number of carbonyl (C=O) groups is 1. The van der Waals surface area contributed by atoms with Gasteiger partial charge in [0.25, 0.3) is 0 Å². The van der Waals surface area contributed by atoms with Gasteiger partial charge in [0.1, 0.15) is 0 Å². The van der Waals surface area contributed by atoms with Crippen LogP contribution in [0.3, 0.4) is 0 Å². The topological polar surface area (TPSA) is 41.5 Å². The molecule has 0 saturated carbocycles. The first-order chi connectivity index (χ1) is 10.2.